The molecule has 4 aromatic carbocycles. The Bertz CT molecular complexity index is 1170. The van der Waals surface area contributed by atoms with Gasteiger partial charge in [-0.25, -0.2) is 0 Å². The summed E-state index contributed by atoms with van der Waals surface area (Å²) in [7, 11) is 0. The van der Waals surface area contributed by atoms with Crippen LogP contribution in [0.25, 0.3) is 0 Å². The van der Waals surface area contributed by atoms with Crippen LogP contribution in [-0.4, -0.2) is 0 Å². The van der Waals surface area contributed by atoms with Crippen LogP contribution in [0.3, 0.4) is 0 Å². The molecule has 0 aliphatic heterocycles. The first-order valence-corrected chi connectivity index (χ1v) is 15.2. The topological polar surface area (TPSA) is 0 Å². The molecule has 0 spiro atoms. The van der Waals surface area contributed by atoms with Crippen molar-refractivity contribution in [3.8, 4) is 0 Å². The molecule has 0 bridgehead atoms. The maximum absolute atomic E-state index is 5.92. The van der Waals surface area contributed by atoms with Gasteiger partial charge in [-0.05, 0) is 78.0 Å². The van der Waals surface area contributed by atoms with Crippen molar-refractivity contribution in [2.75, 3.05) is 0 Å². The van der Waals surface area contributed by atoms with E-state index in [1.165, 1.54) is 33.4 Å². The lowest BCUT2D eigenvalue weighted by Gasteiger charge is -2.05. The van der Waals surface area contributed by atoms with Crippen LogP contribution in [0, 0.1) is 13.8 Å². The zero-order valence-electron chi connectivity index (χ0n) is 26.3. The highest BCUT2D eigenvalue weighted by molar-refractivity contribution is 6.31. The van der Waals surface area contributed by atoms with Gasteiger partial charge in [0.25, 0.3) is 0 Å². The highest BCUT2D eigenvalue weighted by atomic mass is 35.5. The molecule has 0 unspecified atom stereocenters. The molecule has 0 saturated carbocycles. The van der Waals surface area contributed by atoms with Gasteiger partial charge in [-0.15, -0.1) is 0 Å². The molecule has 0 fully saturated rings. The zero-order chi connectivity index (χ0) is 30.2. The molecule has 0 aliphatic carbocycles. The smallest absolute Gasteiger partial charge is 0.0440 e. The van der Waals surface area contributed by atoms with Gasteiger partial charge in [-0.3, -0.25) is 0 Å². The number of benzene rings is 4. The number of rotatable bonds is 4. The van der Waals surface area contributed by atoms with Crippen LogP contribution < -0.4 is 0 Å². The lowest BCUT2D eigenvalue weighted by molar-refractivity contribution is 0.866. The molecule has 0 aromatic heterocycles. The minimum Gasteiger partial charge on any atom is -0.0843 e. The van der Waals surface area contributed by atoms with Gasteiger partial charge in [-0.1, -0.05) is 169 Å². The molecule has 0 saturated heterocycles. The van der Waals surface area contributed by atoms with Crippen molar-refractivity contribution in [1.82, 2.24) is 0 Å². The Kier molecular flexibility index (Phi) is 16.6. The molecule has 40 heavy (non-hydrogen) atoms. The van der Waals surface area contributed by atoms with Crippen molar-refractivity contribution in [3.05, 3.63) is 140 Å². The normalized spacial score (nSPS) is 10.4. The second kappa shape index (κ2) is 18.7. The number of halogens is 2. The molecule has 0 atom stereocenters. The van der Waals surface area contributed by atoms with Gasteiger partial charge in [0.1, 0.15) is 0 Å². The van der Waals surface area contributed by atoms with E-state index in [0.29, 0.717) is 23.7 Å². The third kappa shape index (κ3) is 14.2. The molecule has 0 amide bonds. The Morgan fingerprint density at radius 2 is 0.850 bits per heavy atom. The molecule has 216 valence electrons. The first kappa shape index (κ1) is 35.5. The van der Waals surface area contributed by atoms with Crippen LogP contribution >= 0.6 is 23.2 Å². The fraction of sp³-hybridized carbons (Fsp3) is 0.368. The predicted molar refractivity (Wildman–Crippen MR) is 182 cm³/mol. The van der Waals surface area contributed by atoms with Gasteiger partial charge >= 0.3 is 0 Å². The van der Waals surface area contributed by atoms with E-state index in [-0.39, 0.29) is 0 Å². The van der Waals surface area contributed by atoms with Crippen LogP contribution in [0.4, 0.5) is 0 Å². The van der Waals surface area contributed by atoms with Crippen molar-refractivity contribution in [3.63, 3.8) is 0 Å². The summed E-state index contributed by atoms with van der Waals surface area (Å²) in [5, 5.41) is 1.70. The molecule has 4 aromatic rings. The molecule has 4 rings (SSSR count). The lowest BCUT2D eigenvalue weighted by atomic mass is 10.0. The number of aryl methyl sites for hydroxylation is 2. The maximum Gasteiger partial charge on any atom is 0.0440 e. The summed E-state index contributed by atoms with van der Waals surface area (Å²) in [6, 6.07) is 33.4. The minimum absolute atomic E-state index is 0.522. The van der Waals surface area contributed by atoms with Crippen molar-refractivity contribution >= 4 is 23.2 Å². The molecule has 2 heteroatoms. The predicted octanol–water partition coefficient (Wildman–Crippen LogP) is 13.2. The minimum atomic E-state index is 0.522. The summed E-state index contributed by atoms with van der Waals surface area (Å²) in [5.41, 5.74) is 8.04. The molecule has 0 radical (unpaired) electrons. The molecule has 0 nitrogen and oxygen atoms in total. The highest BCUT2D eigenvalue weighted by Crippen LogP contribution is 2.23. The van der Waals surface area contributed by atoms with Crippen molar-refractivity contribution in [2.24, 2.45) is 0 Å². The van der Waals surface area contributed by atoms with E-state index >= 15 is 0 Å². The monoisotopic (exact) mass is 576 g/mol. The van der Waals surface area contributed by atoms with Gasteiger partial charge < -0.3 is 0 Å². The van der Waals surface area contributed by atoms with E-state index < -0.39 is 0 Å². The first-order valence-electron chi connectivity index (χ1n) is 14.4. The molecular formula is C38H50Cl2. The SMILES string of the molecule is CC(C)c1cccc(Cl)c1.CC(C)c1ccccc1Cl.Cc1ccc(C(C)C)cc1.Cc1ccc(C(C)C)cc1. The maximum atomic E-state index is 5.92. The third-order valence-electron chi connectivity index (χ3n) is 6.53. The van der Waals surface area contributed by atoms with E-state index in [1.807, 2.05) is 36.4 Å². The number of hydrogen-bond donors (Lipinski definition) is 0. The first-order chi connectivity index (χ1) is 18.8. The van der Waals surface area contributed by atoms with Crippen molar-refractivity contribution in [1.29, 1.82) is 0 Å². The van der Waals surface area contributed by atoms with Gasteiger partial charge in [0.15, 0.2) is 0 Å². The van der Waals surface area contributed by atoms with E-state index in [0.717, 1.165) is 10.0 Å². The molecule has 0 aliphatic rings. The number of hydrogen-bond acceptors (Lipinski definition) is 0. The summed E-state index contributed by atoms with van der Waals surface area (Å²) in [5.74, 6) is 2.40. The molecular weight excluding hydrogens is 527 g/mol. The van der Waals surface area contributed by atoms with Crippen LogP contribution in [0.5, 0.6) is 0 Å². The highest BCUT2D eigenvalue weighted by Gasteiger charge is 2.01. The fourth-order valence-corrected chi connectivity index (χ4v) is 4.26. The van der Waals surface area contributed by atoms with E-state index in [2.05, 4.69) is 130 Å². The van der Waals surface area contributed by atoms with E-state index in [1.54, 1.807) is 0 Å². The summed E-state index contributed by atoms with van der Waals surface area (Å²) in [6.07, 6.45) is 0. The Hall–Kier alpha value is -2.54. The lowest BCUT2D eigenvalue weighted by Crippen LogP contribution is -1.86. The fourth-order valence-electron chi connectivity index (χ4n) is 3.71. The quantitative estimate of drug-likeness (QED) is 0.226. The van der Waals surface area contributed by atoms with Gasteiger partial charge in [0.2, 0.25) is 0 Å². The molecule has 0 N–H and O–H groups in total. The zero-order valence-corrected chi connectivity index (χ0v) is 27.8. The summed E-state index contributed by atoms with van der Waals surface area (Å²) in [6.45, 7) is 21.7. The van der Waals surface area contributed by atoms with Crippen LogP contribution in [0.1, 0.15) is 112 Å². The van der Waals surface area contributed by atoms with Crippen molar-refractivity contribution < 1.29 is 0 Å². The second-order valence-corrected chi connectivity index (χ2v) is 12.4. The van der Waals surface area contributed by atoms with Crippen LogP contribution in [0.15, 0.2) is 97.1 Å². The molecule has 0 heterocycles. The van der Waals surface area contributed by atoms with E-state index in [4.69, 9.17) is 23.2 Å². The summed E-state index contributed by atoms with van der Waals surface area (Å²) >= 11 is 11.7. The Labute approximate surface area is 255 Å². The van der Waals surface area contributed by atoms with Crippen LogP contribution in [-0.2, 0) is 0 Å². The largest absolute Gasteiger partial charge is 0.0843 e. The second-order valence-electron chi connectivity index (χ2n) is 11.5. The van der Waals surface area contributed by atoms with Crippen LogP contribution in [0.2, 0.25) is 10.0 Å². The third-order valence-corrected chi connectivity index (χ3v) is 7.11. The van der Waals surface area contributed by atoms with Gasteiger partial charge in [0.05, 0.1) is 0 Å². The average Bonchev–Trinajstić information content (AvgIpc) is 2.90. The van der Waals surface area contributed by atoms with Gasteiger partial charge in [0, 0.05) is 10.0 Å². The average molecular weight is 578 g/mol. The Morgan fingerprint density at radius 3 is 1.15 bits per heavy atom. The van der Waals surface area contributed by atoms with Crippen molar-refractivity contribution in [2.45, 2.75) is 92.9 Å². The summed E-state index contributed by atoms with van der Waals surface area (Å²) < 4.78 is 0. The van der Waals surface area contributed by atoms with E-state index in [9.17, 15) is 0 Å². The summed E-state index contributed by atoms with van der Waals surface area (Å²) in [4.78, 5) is 0. The van der Waals surface area contributed by atoms with Gasteiger partial charge in [-0.2, -0.15) is 0 Å². The Morgan fingerprint density at radius 1 is 0.425 bits per heavy atom. The standard InChI is InChI=1S/2C10H14.2C9H11Cl/c2*1-8(2)10-6-4-9(3)5-7-10;1-7(2)8-4-3-5-9(10)6-8;1-7(2)8-5-3-4-6-9(8)10/h2*4-8H,1-3H3;2*3-7H,1-2H3. The Balaban J connectivity index is 0.000000267.